The van der Waals surface area contributed by atoms with E-state index in [1.165, 1.54) is 0 Å². The molecule has 0 radical (unpaired) electrons. The predicted octanol–water partition coefficient (Wildman–Crippen LogP) is 3.51. The number of fused-ring (bicyclic) bond motifs is 1. The van der Waals surface area contributed by atoms with Crippen LogP contribution in [0.15, 0.2) is 36.9 Å². The zero-order valence-electron chi connectivity index (χ0n) is 13.8. The van der Waals surface area contributed by atoms with E-state index in [9.17, 15) is 4.79 Å². The zero-order chi connectivity index (χ0) is 16.4. The van der Waals surface area contributed by atoms with Crippen molar-refractivity contribution in [1.82, 2.24) is 19.9 Å². The summed E-state index contributed by atoms with van der Waals surface area (Å²) in [6.45, 7) is 4.48. The highest BCUT2D eigenvalue weighted by molar-refractivity contribution is 6.00. The second-order valence-corrected chi connectivity index (χ2v) is 5.45. The number of pyridine rings is 1. The van der Waals surface area contributed by atoms with Gasteiger partial charge in [0.05, 0.1) is 12.0 Å². The predicted molar refractivity (Wildman–Crippen MR) is 98.6 cm³/mol. The van der Waals surface area contributed by atoms with Crippen LogP contribution in [0.25, 0.3) is 22.0 Å². The Morgan fingerprint density at radius 1 is 1.25 bits per heavy atom. The average molecular weight is 346 g/mol. The third-order valence-electron chi connectivity index (χ3n) is 3.68. The van der Waals surface area contributed by atoms with Crippen LogP contribution in [0.1, 0.15) is 12.5 Å². The number of anilines is 1. The van der Waals surface area contributed by atoms with Crippen molar-refractivity contribution in [2.45, 2.75) is 13.8 Å². The Balaban J connectivity index is 0.00000208. The summed E-state index contributed by atoms with van der Waals surface area (Å²) < 4.78 is 1.91. The quantitative estimate of drug-likeness (QED) is 0.763. The second-order valence-electron chi connectivity index (χ2n) is 5.45. The lowest BCUT2D eigenvalue weighted by atomic mass is 10.0. The van der Waals surface area contributed by atoms with Crippen molar-refractivity contribution in [2.75, 3.05) is 11.9 Å². The number of nitrogens with zero attached hydrogens (tertiary/aromatic N) is 3. The molecule has 7 heteroatoms. The molecule has 126 valence electrons. The zero-order valence-corrected chi connectivity index (χ0v) is 14.6. The molecule has 0 atom stereocenters. The number of carbonyl (C=O) groups is 1. The molecule has 0 spiro atoms. The standard InChI is InChI=1S/C17H19N5O.ClH/c1-4-18-17(23)21-16-7-13-12(15-9-22(3)10-20-15)6-5-11(2)14(13)8-19-16;/h5-10H,4H2,1-3H3,(H2,18,19,21,23);1H. The lowest BCUT2D eigenvalue weighted by Gasteiger charge is -2.10. The van der Waals surface area contributed by atoms with Gasteiger partial charge >= 0.3 is 6.03 Å². The molecule has 2 N–H and O–H groups in total. The van der Waals surface area contributed by atoms with E-state index in [4.69, 9.17) is 0 Å². The highest BCUT2D eigenvalue weighted by atomic mass is 35.5. The number of hydrogen-bond acceptors (Lipinski definition) is 3. The minimum atomic E-state index is -0.258. The van der Waals surface area contributed by atoms with Gasteiger partial charge in [-0.3, -0.25) is 5.32 Å². The molecule has 2 aromatic heterocycles. The van der Waals surface area contributed by atoms with Gasteiger partial charge in [-0.2, -0.15) is 0 Å². The summed E-state index contributed by atoms with van der Waals surface area (Å²) in [4.78, 5) is 20.5. The molecule has 0 aliphatic heterocycles. The summed E-state index contributed by atoms with van der Waals surface area (Å²) in [6, 6.07) is 5.74. The SMILES string of the molecule is CCNC(=O)Nc1cc2c(-c3cn(C)cn3)ccc(C)c2cn1.Cl. The maximum absolute atomic E-state index is 11.7. The first kappa shape index (κ1) is 17.7. The lowest BCUT2D eigenvalue weighted by molar-refractivity contribution is 0.252. The minimum absolute atomic E-state index is 0. The van der Waals surface area contributed by atoms with Crippen molar-refractivity contribution < 1.29 is 4.79 Å². The van der Waals surface area contributed by atoms with Gasteiger partial charge in [-0.1, -0.05) is 12.1 Å². The molecule has 2 amide bonds. The van der Waals surface area contributed by atoms with E-state index in [0.717, 1.165) is 27.6 Å². The molecule has 6 nitrogen and oxygen atoms in total. The Morgan fingerprint density at radius 3 is 2.71 bits per heavy atom. The number of halogens is 1. The molecule has 0 saturated heterocycles. The summed E-state index contributed by atoms with van der Waals surface area (Å²) in [5.41, 5.74) is 3.05. The average Bonchev–Trinajstić information content (AvgIpc) is 2.94. The van der Waals surface area contributed by atoms with Crippen LogP contribution in [0.3, 0.4) is 0 Å². The molecule has 0 aliphatic rings. The van der Waals surface area contributed by atoms with Gasteiger partial charge in [0, 0.05) is 36.9 Å². The summed E-state index contributed by atoms with van der Waals surface area (Å²) in [7, 11) is 1.94. The molecule has 0 bridgehead atoms. The van der Waals surface area contributed by atoms with Gasteiger partial charge in [-0.05, 0) is 30.9 Å². The molecule has 3 aromatic rings. The highest BCUT2D eigenvalue weighted by Gasteiger charge is 2.10. The van der Waals surface area contributed by atoms with Crippen LogP contribution in [0, 0.1) is 6.92 Å². The van der Waals surface area contributed by atoms with Crippen LogP contribution in [-0.2, 0) is 7.05 Å². The number of rotatable bonds is 3. The summed E-state index contributed by atoms with van der Waals surface area (Å²) >= 11 is 0. The maximum Gasteiger partial charge on any atom is 0.320 e. The highest BCUT2D eigenvalue weighted by Crippen LogP contribution is 2.30. The number of urea groups is 1. The number of carbonyl (C=O) groups excluding carboxylic acids is 1. The molecular formula is C17H20ClN5O. The van der Waals surface area contributed by atoms with Gasteiger partial charge in [0.1, 0.15) is 5.82 Å². The molecular weight excluding hydrogens is 326 g/mol. The van der Waals surface area contributed by atoms with Crippen LogP contribution in [0.5, 0.6) is 0 Å². The van der Waals surface area contributed by atoms with E-state index in [2.05, 4.69) is 32.7 Å². The molecule has 3 rings (SSSR count). The number of hydrogen-bond donors (Lipinski definition) is 2. The number of amides is 2. The summed E-state index contributed by atoms with van der Waals surface area (Å²) in [5, 5.41) is 7.52. The van der Waals surface area contributed by atoms with Crippen molar-refractivity contribution in [3.63, 3.8) is 0 Å². The molecule has 2 heterocycles. The Kier molecular flexibility index (Phi) is 5.41. The van der Waals surface area contributed by atoms with Gasteiger partial charge < -0.3 is 9.88 Å². The number of aryl methyl sites for hydroxylation is 2. The Hall–Kier alpha value is -2.60. The van der Waals surface area contributed by atoms with Crippen LogP contribution >= 0.6 is 12.4 Å². The van der Waals surface area contributed by atoms with Crippen molar-refractivity contribution in [3.05, 3.63) is 42.5 Å². The third kappa shape index (κ3) is 3.49. The molecule has 24 heavy (non-hydrogen) atoms. The van der Waals surface area contributed by atoms with Crippen molar-refractivity contribution >= 4 is 35.0 Å². The van der Waals surface area contributed by atoms with Gasteiger partial charge in [-0.15, -0.1) is 12.4 Å². The van der Waals surface area contributed by atoms with E-state index < -0.39 is 0 Å². The van der Waals surface area contributed by atoms with Crippen LogP contribution in [0.2, 0.25) is 0 Å². The number of nitrogens with one attached hydrogen (secondary N) is 2. The fraction of sp³-hybridized carbons (Fsp3) is 0.235. The normalized spacial score (nSPS) is 10.3. The van der Waals surface area contributed by atoms with Gasteiger partial charge in [0.25, 0.3) is 0 Å². The first-order valence-electron chi connectivity index (χ1n) is 7.51. The van der Waals surface area contributed by atoms with E-state index in [0.29, 0.717) is 12.4 Å². The van der Waals surface area contributed by atoms with Gasteiger partial charge in [0.15, 0.2) is 0 Å². The van der Waals surface area contributed by atoms with E-state index in [1.54, 1.807) is 12.5 Å². The number of aromatic nitrogens is 3. The fourth-order valence-corrected chi connectivity index (χ4v) is 2.55. The first-order valence-corrected chi connectivity index (χ1v) is 7.51. The number of imidazole rings is 1. The third-order valence-corrected chi connectivity index (χ3v) is 3.68. The van der Waals surface area contributed by atoms with E-state index >= 15 is 0 Å². The molecule has 1 aromatic carbocycles. The van der Waals surface area contributed by atoms with E-state index in [-0.39, 0.29) is 18.4 Å². The van der Waals surface area contributed by atoms with Gasteiger partial charge in [-0.25, -0.2) is 14.8 Å². The molecule has 0 unspecified atom stereocenters. The van der Waals surface area contributed by atoms with Crippen molar-refractivity contribution in [3.8, 4) is 11.3 Å². The monoisotopic (exact) mass is 345 g/mol. The van der Waals surface area contributed by atoms with Crippen LogP contribution in [0.4, 0.5) is 10.6 Å². The summed E-state index contributed by atoms with van der Waals surface area (Å²) in [6.07, 6.45) is 5.54. The van der Waals surface area contributed by atoms with Crippen LogP contribution in [-0.4, -0.2) is 27.1 Å². The Labute approximate surface area is 146 Å². The number of benzene rings is 1. The van der Waals surface area contributed by atoms with Crippen molar-refractivity contribution in [2.24, 2.45) is 7.05 Å². The Bertz CT molecular complexity index is 875. The van der Waals surface area contributed by atoms with Crippen LogP contribution < -0.4 is 10.6 Å². The largest absolute Gasteiger partial charge is 0.340 e. The Morgan fingerprint density at radius 2 is 2.04 bits per heavy atom. The summed E-state index contributed by atoms with van der Waals surface area (Å²) in [5.74, 6) is 0.520. The maximum atomic E-state index is 11.7. The molecule has 0 aliphatic carbocycles. The first-order chi connectivity index (χ1) is 11.1. The lowest BCUT2D eigenvalue weighted by Crippen LogP contribution is -2.28. The smallest absolute Gasteiger partial charge is 0.320 e. The van der Waals surface area contributed by atoms with E-state index in [1.807, 2.05) is 37.7 Å². The molecule has 0 fully saturated rings. The molecule has 0 saturated carbocycles. The van der Waals surface area contributed by atoms with Crippen molar-refractivity contribution in [1.29, 1.82) is 0 Å². The minimum Gasteiger partial charge on any atom is -0.340 e. The fourth-order valence-electron chi connectivity index (χ4n) is 2.55. The topological polar surface area (TPSA) is 71.8 Å². The second kappa shape index (κ2) is 7.31. The van der Waals surface area contributed by atoms with Gasteiger partial charge in [0.2, 0.25) is 0 Å².